The summed E-state index contributed by atoms with van der Waals surface area (Å²) in [5, 5.41) is 2.92. The normalized spacial score (nSPS) is 10.4. The van der Waals surface area contributed by atoms with Crippen molar-refractivity contribution in [2.45, 2.75) is 26.9 Å². The maximum atomic E-state index is 12.8. The Kier molecular flexibility index (Phi) is 6.80. The zero-order valence-corrected chi connectivity index (χ0v) is 16.9. The van der Waals surface area contributed by atoms with Gasteiger partial charge in [0.25, 0.3) is 11.8 Å². The van der Waals surface area contributed by atoms with Crippen LogP contribution in [0, 0.1) is 6.92 Å². The molecule has 0 heterocycles. The fourth-order valence-corrected chi connectivity index (χ4v) is 3.18. The molecular formula is C25H26N2O2. The van der Waals surface area contributed by atoms with Gasteiger partial charge in [-0.05, 0) is 49.2 Å². The standard InChI is InChI=1S/C25H26N2O2/c1-3-27(18-20-9-5-4-6-10-20)25(29)23-14-12-22(13-15-23)24(28)26-17-21-11-7-8-19(2)16-21/h4-16H,3,17-18H2,1-2H3,(H,26,28). The summed E-state index contributed by atoms with van der Waals surface area (Å²) >= 11 is 0. The molecule has 0 atom stereocenters. The van der Waals surface area contributed by atoms with E-state index in [-0.39, 0.29) is 11.8 Å². The number of amides is 2. The zero-order valence-electron chi connectivity index (χ0n) is 16.9. The molecule has 29 heavy (non-hydrogen) atoms. The smallest absolute Gasteiger partial charge is 0.254 e. The van der Waals surface area contributed by atoms with Gasteiger partial charge in [-0.1, -0.05) is 60.2 Å². The molecule has 4 heteroatoms. The topological polar surface area (TPSA) is 49.4 Å². The number of aryl methyl sites for hydroxylation is 1. The van der Waals surface area contributed by atoms with Gasteiger partial charge >= 0.3 is 0 Å². The number of carbonyl (C=O) groups excluding carboxylic acids is 2. The van der Waals surface area contributed by atoms with Crippen LogP contribution in [0.25, 0.3) is 0 Å². The largest absolute Gasteiger partial charge is 0.348 e. The van der Waals surface area contributed by atoms with Crippen LogP contribution in [0.5, 0.6) is 0 Å². The third kappa shape index (κ3) is 5.55. The second-order valence-corrected chi connectivity index (χ2v) is 7.05. The van der Waals surface area contributed by atoms with E-state index in [0.29, 0.717) is 30.8 Å². The summed E-state index contributed by atoms with van der Waals surface area (Å²) in [7, 11) is 0. The highest BCUT2D eigenvalue weighted by Crippen LogP contribution is 2.12. The van der Waals surface area contributed by atoms with E-state index < -0.39 is 0 Å². The summed E-state index contributed by atoms with van der Waals surface area (Å²) < 4.78 is 0. The Morgan fingerprint density at radius 2 is 1.48 bits per heavy atom. The Morgan fingerprint density at radius 3 is 2.14 bits per heavy atom. The van der Waals surface area contributed by atoms with E-state index in [4.69, 9.17) is 0 Å². The highest BCUT2D eigenvalue weighted by molar-refractivity contribution is 5.97. The first-order valence-corrected chi connectivity index (χ1v) is 9.84. The third-order valence-electron chi connectivity index (χ3n) is 4.81. The maximum Gasteiger partial charge on any atom is 0.254 e. The number of nitrogens with zero attached hydrogens (tertiary/aromatic N) is 1. The number of hydrogen-bond donors (Lipinski definition) is 1. The molecule has 0 aromatic heterocycles. The third-order valence-corrected chi connectivity index (χ3v) is 4.81. The Labute approximate surface area is 172 Å². The molecule has 0 aliphatic heterocycles. The van der Waals surface area contributed by atoms with Crippen molar-refractivity contribution >= 4 is 11.8 Å². The molecule has 0 saturated carbocycles. The van der Waals surface area contributed by atoms with Crippen molar-refractivity contribution in [2.75, 3.05) is 6.54 Å². The fourth-order valence-electron chi connectivity index (χ4n) is 3.18. The summed E-state index contributed by atoms with van der Waals surface area (Å²) in [5.41, 5.74) is 4.44. The molecule has 4 nitrogen and oxygen atoms in total. The van der Waals surface area contributed by atoms with Gasteiger partial charge in [0.1, 0.15) is 0 Å². The predicted octanol–water partition coefficient (Wildman–Crippen LogP) is 4.59. The van der Waals surface area contributed by atoms with Crippen molar-refractivity contribution in [1.29, 1.82) is 0 Å². The molecule has 148 valence electrons. The van der Waals surface area contributed by atoms with Crippen LogP contribution in [0.3, 0.4) is 0 Å². The minimum atomic E-state index is -0.151. The summed E-state index contributed by atoms with van der Waals surface area (Å²) in [4.78, 5) is 27.0. The Bertz CT molecular complexity index is 966. The molecular weight excluding hydrogens is 360 g/mol. The monoisotopic (exact) mass is 386 g/mol. The minimum Gasteiger partial charge on any atom is -0.348 e. The Hall–Kier alpha value is -3.40. The molecule has 3 aromatic rings. The zero-order chi connectivity index (χ0) is 20.6. The minimum absolute atomic E-state index is 0.0388. The summed E-state index contributed by atoms with van der Waals surface area (Å²) in [6.45, 7) is 5.65. The molecule has 0 spiro atoms. The summed E-state index contributed by atoms with van der Waals surface area (Å²) in [6, 6.07) is 24.8. The average molecular weight is 386 g/mol. The van der Waals surface area contributed by atoms with E-state index in [1.165, 1.54) is 0 Å². The van der Waals surface area contributed by atoms with Crippen molar-refractivity contribution in [3.8, 4) is 0 Å². The van der Waals surface area contributed by atoms with Crippen molar-refractivity contribution in [1.82, 2.24) is 10.2 Å². The van der Waals surface area contributed by atoms with Gasteiger partial charge in [-0.2, -0.15) is 0 Å². The quantitative estimate of drug-likeness (QED) is 0.646. The van der Waals surface area contributed by atoms with E-state index in [2.05, 4.69) is 5.32 Å². The molecule has 0 unspecified atom stereocenters. The van der Waals surface area contributed by atoms with E-state index in [9.17, 15) is 9.59 Å². The average Bonchev–Trinajstić information content (AvgIpc) is 2.76. The van der Waals surface area contributed by atoms with Crippen LogP contribution in [-0.4, -0.2) is 23.3 Å². The van der Waals surface area contributed by atoms with E-state index in [1.54, 1.807) is 29.2 Å². The second kappa shape index (κ2) is 9.69. The molecule has 0 saturated heterocycles. The lowest BCUT2D eigenvalue weighted by Crippen LogP contribution is -2.30. The van der Waals surface area contributed by atoms with Crippen LogP contribution in [0.2, 0.25) is 0 Å². The van der Waals surface area contributed by atoms with Gasteiger partial charge in [-0.3, -0.25) is 9.59 Å². The molecule has 3 rings (SSSR count). The van der Waals surface area contributed by atoms with Crippen LogP contribution in [0.15, 0.2) is 78.9 Å². The van der Waals surface area contributed by atoms with Gasteiger partial charge in [-0.25, -0.2) is 0 Å². The SMILES string of the molecule is CCN(Cc1ccccc1)C(=O)c1ccc(C(=O)NCc2cccc(C)c2)cc1. The van der Waals surface area contributed by atoms with Crippen molar-refractivity contribution in [3.05, 3.63) is 107 Å². The second-order valence-electron chi connectivity index (χ2n) is 7.05. The molecule has 0 aliphatic rings. The van der Waals surface area contributed by atoms with Gasteiger partial charge < -0.3 is 10.2 Å². The van der Waals surface area contributed by atoms with Gasteiger partial charge in [-0.15, -0.1) is 0 Å². The number of hydrogen-bond acceptors (Lipinski definition) is 2. The number of benzene rings is 3. The van der Waals surface area contributed by atoms with Gasteiger partial charge in [0.05, 0.1) is 0 Å². The van der Waals surface area contributed by atoms with Crippen molar-refractivity contribution in [3.63, 3.8) is 0 Å². The number of rotatable bonds is 7. The highest BCUT2D eigenvalue weighted by atomic mass is 16.2. The van der Waals surface area contributed by atoms with Crippen molar-refractivity contribution in [2.24, 2.45) is 0 Å². The lowest BCUT2D eigenvalue weighted by atomic mass is 10.1. The molecule has 0 aliphatic carbocycles. The van der Waals surface area contributed by atoms with E-state index >= 15 is 0 Å². The molecule has 2 amide bonds. The summed E-state index contributed by atoms with van der Waals surface area (Å²) in [5.74, 6) is -0.190. The summed E-state index contributed by atoms with van der Waals surface area (Å²) in [6.07, 6.45) is 0. The predicted molar refractivity (Wildman–Crippen MR) is 116 cm³/mol. The molecule has 0 bridgehead atoms. The van der Waals surface area contributed by atoms with Crippen LogP contribution in [-0.2, 0) is 13.1 Å². The lowest BCUT2D eigenvalue weighted by Gasteiger charge is -2.21. The number of carbonyl (C=O) groups is 2. The fraction of sp³-hybridized carbons (Fsp3) is 0.200. The first-order valence-electron chi connectivity index (χ1n) is 9.84. The Morgan fingerprint density at radius 1 is 0.828 bits per heavy atom. The maximum absolute atomic E-state index is 12.8. The van der Waals surface area contributed by atoms with Gasteiger partial charge in [0.2, 0.25) is 0 Å². The van der Waals surface area contributed by atoms with Crippen LogP contribution >= 0.6 is 0 Å². The van der Waals surface area contributed by atoms with Gasteiger partial charge in [0.15, 0.2) is 0 Å². The lowest BCUT2D eigenvalue weighted by molar-refractivity contribution is 0.0752. The van der Waals surface area contributed by atoms with E-state index in [1.807, 2.05) is 68.4 Å². The van der Waals surface area contributed by atoms with Crippen LogP contribution in [0.4, 0.5) is 0 Å². The Balaban J connectivity index is 1.62. The number of nitrogens with one attached hydrogen (secondary N) is 1. The first kappa shape index (κ1) is 20.3. The van der Waals surface area contributed by atoms with Crippen LogP contribution in [0.1, 0.15) is 44.3 Å². The molecule has 3 aromatic carbocycles. The molecule has 0 fully saturated rings. The highest BCUT2D eigenvalue weighted by Gasteiger charge is 2.15. The molecule has 1 N–H and O–H groups in total. The van der Waals surface area contributed by atoms with E-state index in [0.717, 1.165) is 16.7 Å². The van der Waals surface area contributed by atoms with Gasteiger partial charge in [0, 0.05) is 30.8 Å². The van der Waals surface area contributed by atoms with Crippen LogP contribution < -0.4 is 5.32 Å². The first-order chi connectivity index (χ1) is 14.1. The van der Waals surface area contributed by atoms with Crippen molar-refractivity contribution < 1.29 is 9.59 Å². The molecule has 0 radical (unpaired) electrons.